The highest BCUT2D eigenvalue weighted by atomic mass is 79.9. The minimum Gasteiger partial charge on any atom is -0.243 e. The lowest BCUT2D eigenvalue weighted by atomic mass is 9.79. The van der Waals surface area contributed by atoms with E-state index in [0.29, 0.717) is 17.1 Å². The summed E-state index contributed by atoms with van der Waals surface area (Å²) in [6, 6.07) is 6.18. The van der Waals surface area contributed by atoms with Crippen LogP contribution in [0.2, 0.25) is 0 Å². The smallest absolute Gasteiger partial charge is 0.243 e. The molecule has 5 rings (SSSR count). The van der Waals surface area contributed by atoms with Gasteiger partial charge in [-0.25, -0.2) is 4.98 Å². The van der Waals surface area contributed by atoms with Crippen LogP contribution in [0.5, 0.6) is 0 Å². The normalized spacial score (nSPS) is 30.5. The molecular formula is C19H19BrF3N3O2S2. The third-order valence-corrected chi connectivity index (χ3v) is 9.74. The van der Waals surface area contributed by atoms with E-state index in [1.54, 1.807) is 6.20 Å². The lowest BCUT2D eigenvalue weighted by Crippen LogP contribution is -2.52. The van der Waals surface area contributed by atoms with Crippen LogP contribution in [0.3, 0.4) is 0 Å². The van der Waals surface area contributed by atoms with Gasteiger partial charge in [0.05, 0.1) is 15.5 Å². The van der Waals surface area contributed by atoms with Gasteiger partial charge in [-0.3, -0.25) is 0 Å². The number of benzene rings is 1. The van der Waals surface area contributed by atoms with Crippen molar-refractivity contribution in [1.82, 2.24) is 14.0 Å². The highest BCUT2D eigenvalue weighted by Gasteiger charge is 2.60. The summed E-state index contributed by atoms with van der Waals surface area (Å²) in [5.74, 6) is -0.0494. The molecule has 2 fully saturated rings. The van der Waals surface area contributed by atoms with Crippen LogP contribution in [0.25, 0.3) is 10.6 Å². The standard InChI is InChI=1S/C19H19BrF3N3O2S2/c20-16-8-24-17(29-16)12-2-1-11-6-14-3-4-15(7-13(11)5-12)18(14)9-26(10-19(21,22)23)30(27,28)25-18/h1-2,5,8,14-15,25H,3-4,6-7,9-10H2/t14-,15+,18+/m0/s1. The maximum absolute atomic E-state index is 13.0. The maximum atomic E-state index is 13.0. The molecule has 0 amide bonds. The molecule has 30 heavy (non-hydrogen) atoms. The van der Waals surface area contributed by atoms with Crippen molar-refractivity contribution >= 4 is 37.5 Å². The number of hydrogen-bond acceptors (Lipinski definition) is 4. The summed E-state index contributed by atoms with van der Waals surface area (Å²) in [5, 5.41) is 0.895. The molecule has 0 unspecified atom stereocenters. The lowest BCUT2D eigenvalue weighted by Gasteiger charge is -2.33. The zero-order valence-electron chi connectivity index (χ0n) is 15.7. The predicted octanol–water partition coefficient (Wildman–Crippen LogP) is 4.15. The summed E-state index contributed by atoms with van der Waals surface area (Å²) < 4.78 is 68.3. The van der Waals surface area contributed by atoms with Gasteiger partial charge in [0.1, 0.15) is 11.6 Å². The van der Waals surface area contributed by atoms with E-state index in [1.165, 1.54) is 11.3 Å². The fraction of sp³-hybridized carbons (Fsp3) is 0.526. The van der Waals surface area contributed by atoms with Crippen molar-refractivity contribution in [3.05, 3.63) is 39.3 Å². The van der Waals surface area contributed by atoms with Crippen molar-refractivity contribution in [3.63, 3.8) is 0 Å². The first-order valence-corrected chi connectivity index (χ1v) is 12.7. The highest BCUT2D eigenvalue weighted by molar-refractivity contribution is 9.11. The van der Waals surface area contributed by atoms with Gasteiger partial charge in [-0.05, 0) is 70.6 Å². The van der Waals surface area contributed by atoms with Crippen LogP contribution >= 0.6 is 27.3 Å². The Morgan fingerprint density at radius 1 is 1.23 bits per heavy atom. The van der Waals surface area contributed by atoms with E-state index in [2.05, 4.69) is 37.8 Å². The van der Waals surface area contributed by atoms with Crippen molar-refractivity contribution in [3.8, 4) is 10.6 Å². The van der Waals surface area contributed by atoms with Gasteiger partial charge in [0.15, 0.2) is 0 Å². The Balaban J connectivity index is 1.48. The summed E-state index contributed by atoms with van der Waals surface area (Å²) in [5.41, 5.74) is 2.45. The molecule has 1 aliphatic heterocycles. The molecule has 1 aromatic carbocycles. The Hall–Kier alpha value is -1.01. The van der Waals surface area contributed by atoms with Crippen molar-refractivity contribution in [2.24, 2.45) is 11.8 Å². The zero-order valence-corrected chi connectivity index (χ0v) is 19.0. The number of thiazole rings is 1. The number of nitrogens with zero attached hydrogens (tertiary/aromatic N) is 2. The fourth-order valence-corrected chi connectivity index (χ4v) is 8.28. The van der Waals surface area contributed by atoms with Crippen LogP contribution in [0, 0.1) is 11.8 Å². The summed E-state index contributed by atoms with van der Waals surface area (Å²) in [6.07, 6.45) is 0.118. The van der Waals surface area contributed by atoms with Crippen molar-refractivity contribution in [1.29, 1.82) is 0 Å². The highest BCUT2D eigenvalue weighted by Crippen LogP contribution is 2.51. The number of alkyl halides is 3. The monoisotopic (exact) mass is 521 g/mol. The van der Waals surface area contributed by atoms with E-state index in [0.717, 1.165) is 38.3 Å². The van der Waals surface area contributed by atoms with Gasteiger partial charge in [0, 0.05) is 12.1 Å². The van der Waals surface area contributed by atoms with E-state index in [1.807, 2.05) is 6.07 Å². The summed E-state index contributed by atoms with van der Waals surface area (Å²) in [7, 11) is -4.16. The van der Waals surface area contributed by atoms with Crippen LogP contribution in [0.15, 0.2) is 28.2 Å². The first-order chi connectivity index (χ1) is 14.1. The molecule has 1 spiro atoms. The molecule has 3 atom stereocenters. The van der Waals surface area contributed by atoms with Gasteiger partial charge in [0.25, 0.3) is 10.2 Å². The molecular weight excluding hydrogens is 503 g/mol. The van der Waals surface area contributed by atoms with Crippen molar-refractivity contribution in [2.45, 2.75) is 37.4 Å². The molecule has 11 heteroatoms. The molecule has 1 aromatic heterocycles. The van der Waals surface area contributed by atoms with Gasteiger partial charge in [-0.1, -0.05) is 12.1 Å². The molecule has 2 aromatic rings. The average molecular weight is 522 g/mol. The minimum absolute atomic E-state index is 0.0170. The minimum atomic E-state index is -4.57. The van der Waals surface area contributed by atoms with Crippen LogP contribution in [0.4, 0.5) is 13.2 Å². The van der Waals surface area contributed by atoms with E-state index >= 15 is 0 Å². The fourth-order valence-electron chi connectivity index (χ4n) is 5.37. The molecule has 162 valence electrons. The van der Waals surface area contributed by atoms with Crippen LogP contribution in [0.1, 0.15) is 24.0 Å². The third-order valence-electron chi connectivity index (χ3n) is 6.64. The van der Waals surface area contributed by atoms with Crippen molar-refractivity contribution < 1.29 is 21.6 Å². The lowest BCUT2D eigenvalue weighted by molar-refractivity contribution is -0.136. The molecule has 1 N–H and O–H groups in total. The van der Waals surface area contributed by atoms with E-state index in [-0.39, 0.29) is 18.4 Å². The van der Waals surface area contributed by atoms with E-state index < -0.39 is 28.5 Å². The Kier molecular flexibility index (Phi) is 4.87. The van der Waals surface area contributed by atoms with Gasteiger partial charge in [-0.15, -0.1) is 11.3 Å². The number of fused-ring (bicyclic) bond motifs is 1. The van der Waals surface area contributed by atoms with E-state index in [9.17, 15) is 21.6 Å². The second-order valence-electron chi connectivity index (χ2n) is 8.36. The molecule has 0 radical (unpaired) electrons. The number of rotatable bonds is 2. The topological polar surface area (TPSA) is 62.3 Å². The van der Waals surface area contributed by atoms with Crippen molar-refractivity contribution in [2.75, 3.05) is 13.1 Å². The second kappa shape index (κ2) is 6.99. The summed E-state index contributed by atoms with van der Waals surface area (Å²) >= 11 is 4.96. The maximum Gasteiger partial charge on any atom is 0.402 e. The average Bonchev–Trinajstić information content (AvgIpc) is 3.22. The number of nitrogens with one attached hydrogen (secondary N) is 1. The third kappa shape index (κ3) is 3.52. The molecule has 2 bridgehead atoms. The Labute approximate surface area is 185 Å². The van der Waals surface area contributed by atoms with Crippen LogP contribution < -0.4 is 4.72 Å². The van der Waals surface area contributed by atoms with Gasteiger partial charge < -0.3 is 0 Å². The molecule has 1 saturated heterocycles. The largest absolute Gasteiger partial charge is 0.402 e. The van der Waals surface area contributed by atoms with Crippen LogP contribution in [-0.2, 0) is 23.1 Å². The number of hydrogen-bond donors (Lipinski definition) is 1. The summed E-state index contributed by atoms with van der Waals surface area (Å²) in [6.45, 7) is -1.57. The van der Waals surface area contributed by atoms with Gasteiger partial charge in [-0.2, -0.15) is 30.6 Å². The first kappa shape index (κ1) is 20.9. The molecule has 5 nitrogen and oxygen atoms in total. The molecule has 2 aliphatic carbocycles. The second-order valence-corrected chi connectivity index (χ2v) is 12.4. The SMILES string of the molecule is O=S1(=O)N[C@@]2(CN1CC(F)(F)F)[C@@H]1CC[C@H]2Cc2ccc(-c3ncc(Br)s3)cc2C1. The quantitative estimate of drug-likeness (QED) is 0.645. The van der Waals surface area contributed by atoms with Gasteiger partial charge >= 0.3 is 6.18 Å². The number of aromatic nitrogens is 1. The van der Waals surface area contributed by atoms with E-state index in [4.69, 9.17) is 0 Å². The Bertz CT molecular complexity index is 1100. The van der Waals surface area contributed by atoms with Crippen LogP contribution in [-0.4, -0.2) is 42.5 Å². The predicted molar refractivity (Wildman–Crippen MR) is 111 cm³/mol. The molecule has 3 aliphatic rings. The molecule has 1 saturated carbocycles. The Morgan fingerprint density at radius 3 is 2.57 bits per heavy atom. The Morgan fingerprint density at radius 2 is 1.93 bits per heavy atom. The zero-order chi connectivity index (χ0) is 21.3. The first-order valence-electron chi connectivity index (χ1n) is 9.65. The molecule has 2 heterocycles. The summed E-state index contributed by atoms with van der Waals surface area (Å²) in [4.78, 5) is 4.41. The van der Waals surface area contributed by atoms with Gasteiger partial charge in [0.2, 0.25) is 0 Å². The number of halogens is 4.